The summed E-state index contributed by atoms with van der Waals surface area (Å²) in [5, 5.41) is 1.23. The summed E-state index contributed by atoms with van der Waals surface area (Å²) in [5.74, 6) is 8.53. The summed E-state index contributed by atoms with van der Waals surface area (Å²) in [7, 11) is 0. The topological polar surface area (TPSA) is 0 Å². The molecule has 0 rings (SSSR count). The Morgan fingerprint density at radius 2 is 1.35 bits per heavy atom. The zero-order chi connectivity index (χ0) is 12.9. The van der Waals surface area contributed by atoms with Crippen LogP contribution in [-0.4, -0.2) is 56.5 Å². The van der Waals surface area contributed by atoms with Crippen molar-refractivity contribution in [1.82, 2.24) is 0 Å². The highest BCUT2D eigenvalue weighted by atomic mass is 32.2. The summed E-state index contributed by atoms with van der Waals surface area (Å²) >= 11 is 23.3. The molecule has 7 heteroatoms. The number of hydrogen-bond acceptors (Lipinski definition) is 7. The molecule has 0 nitrogen and oxygen atoms in total. The molecule has 104 valence electrons. The van der Waals surface area contributed by atoms with Gasteiger partial charge in [-0.25, -0.2) is 0 Å². The van der Waals surface area contributed by atoms with Crippen LogP contribution in [0.2, 0.25) is 0 Å². The van der Waals surface area contributed by atoms with Crippen LogP contribution in [0.15, 0.2) is 0 Å². The maximum Gasteiger partial charge on any atom is 0.0226 e. The molecule has 0 aliphatic carbocycles. The highest BCUT2D eigenvalue weighted by Gasteiger charge is 2.11. The first kappa shape index (κ1) is 19.4. The molecule has 0 saturated heterocycles. The van der Waals surface area contributed by atoms with E-state index in [0.717, 1.165) is 34.5 Å². The van der Waals surface area contributed by atoms with E-state index in [1.54, 1.807) is 0 Å². The van der Waals surface area contributed by atoms with Crippen LogP contribution in [0.3, 0.4) is 0 Å². The molecule has 1 unspecified atom stereocenters. The average molecular weight is 367 g/mol. The highest BCUT2D eigenvalue weighted by Crippen LogP contribution is 2.23. The van der Waals surface area contributed by atoms with Gasteiger partial charge in [-0.15, -0.1) is 0 Å². The van der Waals surface area contributed by atoms with E-state index in [2.05, 4.69) is 50.5 Å². The van der Waals surface area contributed by atoms with E-state index < -0.39 is 0 Å². The molecule has 0 amide bonds. The number of thioether (sulfide) groups is 3. The average Bonchev–Trinajstić information content (AvgIpc) is 2.37. The maximum atomic E-state index is 4.43. The van der Waals surface area contributed by atoms with Crippen molar-refractivity contribution in [2.75, 3.05) is 46.0 Å². The molecule has 0 spiro atoms. The van der Waals surface area contributed by atoms with Gasteiger partial charge in [0.05, 0.1) is 0 Å². The second-order valence-corrected chi connectivity index (χ2v) is 8.84. The molecule has 0 saturated carbocycles. The van der Waals surface area contributed by atoms with Crippen molar-refractivity contribution < 1.29 is 0 Å². The molecule has 17 heavy (non-hydrogen) atoms. The summed E-state index contributed by atoms with van der Waals surface area (Å²) < 4.78 is 0. The number of thiol groups is 4. The number of rotatable bonds is 12. The van der Waals surface area contributed by atoms with Crippen LogP contribution < -0.4 is 0 Å². The fraction of sp³-hybridized carbons (Fsp3) is 1.00. The van der Waals surface area contributed by atoms with Crippen molar-refractivity contribution in [2.45, 2.75) is 10.5 Å². The second-order valence-electron chi connectivity index (χ2n) is 3.33. The summed E-state index contributed by atoms with van der Waals surface area (Å²) in [6.07, 6.45) is 0. The minimum Gasteiger partial charge on any atom is -0.179 e. The third-order valence-electron chi connectivity index (χ3n) is 1.95. The smallest absolute Gasteiger partial charge is 0.0226 e. The first-order valence-corrected chi connectivity index (χ1v) is 11.3. The Labute approximate surface area is 141 Å². The second kappa shape index (κ2) is 14.9. The fourth-order valence-corrected chi connectivity index (χ4v) is 6.17. The molecule has 0 aliphatic heterocycles. The summed E-state index contributed by atoms with van der Waals surface area (Å²) in [5.41, 5.74) is 0. The molecule has 1 atom stereocenters. The van der Waals surface area contributed by atoms with Crippen molar-refractivity contribution in [3.63, 3.8) is 0 Å². The Morgan fingerprint density at radius 3 is 1.88 bits per heavy atom. The predicted molar refractivity (Wildman–Crippen MR) is 105 cm³/mol. The quantitative estimate of drug-likeness (QED) is 0.308. The molecule has 0 aromatic carbocycles. The van der Waals surface area contributed by atoms with Gasteiger partial charge in [0.2, 0.25) is 0 Å². The zero-order valence-electron chi connectivity index (χ0n) is 9.83. The van der Waals surface area contributed by atoms with Crippen LogP contribution in [0.4, 0.5) is 0 Å². The first-order chi connectivity index (χ1) is 8.28. The van der Waals surface area contributed by atoms with Gasteiger partial charge in [0, 0.05) is 50.8 Å². The van der Waals surface area contributed by atoms with Gasteiger partial charge in [0.1, 0.15) is 0 Å². The largest absolute Gasteiger partial charge is 0.179 e. The van der Waals surface area contributed by atoms with Crippen LogP contribution in [0.5, 0.6) is 0 Å². The Morgan fingerprint density at radius 1 is 0.706 bits per heavy atom. The van der Waals surface area contributed by atoms with E-state index in [1.165, 1.54) is 11.5 Å². The summed E-state index contributed by atoms with van der Waals surface area (Å²) in [6, 6.07) is 0. The van der Waals surface area contributed by atoms with Crippen LogP contribution in [0, 0.1) is 0 Å². The van der Waals surface area contributed by atoms with Gasteiger partial charge in [-0.05, 0) is 5.75 Å². The minimum absolute atomic E-state index is 0.572. The van der Waals surface area contributed by atoms with Gasteiger partial charge in [-0.2, -0.15) is 85.8 Å². The van der Waals surface area contributed by atoms with Crippen molar-refractivity contribution in [3.05, 3.63) is 0 Å². The van der Waals surface area contributed by atoms with E-state index in [1.807, 2.05) is 35.3 Å². The molecule has 0 aromatic heterocycles. The van der Waals surface area contributed by atoms with Crippen molar-refractivity contribution >= 4 is 85.8 Å². The lowest BCUT2D eigenvalue weighted by atomic mass is 10.5. The van der Waals surface area contributed by atoms with Crippen LogP contribution >= 0.6 is 85.8 Å². The molecule has 0 bridgehead atoms. The third-order valence-corrected chi connectivity index (χ3v) is 8.63. The highest BCUT2D eigenvalue weighted by molar-refractivity contribution is 8.06. The van der Waals surface area contributed by atoms with Gasteiger partial charge in [-0.3, -0.25) is 0 Å². The minimum atomic E-state index is 0.572. The standard InChI is InChI=1S/C10H22S7/c11-1-2-15-3-4-16-10(7-14)8-17-9(5-12)6-13/h9-14H,1-8H2. The molecule has 0 radical (unpaired) electrons. The number of hydrogen-bond donors (Lipinski definition) is 4. The monoisotopic (exact) mass is 366 g/mol. The van der Waals surface area contributed by atoms with Crippen LogP contribution in [0.1, 0.15) is 0 Å². The van der Waals surface area contributed by atoms with E-state index in [0.29, 0.717) is 10.5 Å². The van der Waals surface area contributed by atoms with Crippen LogP contribution in [0.25, 0.3) is 0 Å². The normalized spacial score (nSPS) is 13.2. The van der Waals surface area contributed by atoms with E-state index in [4.69, 9.17) is 0 Å². The van der Waals surface area contributed by atoms with Crippen molar-refractivity contribution in [3.8, 4) is 0 Å². The first-order valence-electron chi connectivity index (χ1n) is 5.52. The lowest BCUT2D eigenvalue weighted by Gasteiger charge is -2.17. The Hall–Kier alpha value is 2.45. The molecular formula is C10H22S7. The molecule has 0 aromatic rings. The molecule has 0 aliphatic rings. The maximum absolute atomic E-state index is 4.43. The predicted octanol–water partition coefficient (Wildman–Crippen LogP) is 3.64. The van der Waals surface area contributed by atoms with Crippen LogP contribution in [-0.2, 0) is 0 Å². The van der Waals surface area contributed by atoms with Gasteiger partial charge >= 0.3 is 0 Å². The van der Waals surface area contributed by atoms with Gasteiger partial charge in [-0.1, -0.05) is 0 Å². The molecular weight excluding hydrogens is 345 g/mol. The molecule has 0 heterocycles. The summed E-state index contributed by atoms with van der Waals surface area (Å²) in [6.45, 7) is 0. The van der Waals surface area contributed by atoms with Gasteiger partial charge in [0.15, 0.2) is 0 Å². The summed E-state index contributed by atoms with van der Waals surface area (Å²) in [4.78, 5) is 0. The Kier molecular flexibility index (Phi) is 17.0. The van der Waals surface area contributed by atoms with E-state index >= 15 is 0 Å². The van der Waals surface area contributed by atoms with Gasteiger partial charge < -0.3 is 0 Å². The van der Waals surface area contributed by atoms with Gasteiger partial charge in [0.25, 0.3) is 0 Å². The fourth-order valence-electron chi connectivity index (χ4n) is 1.00. The third kappa shape index (κ3) is 11.9. The Bertz CT molecular complexity index is 152. The zero-order valence-corrected chi connectivity index (χ0v) is 15.9. The molecule has 0 fully saturated rings. The Balaban J connectivity index is 3.54. The van der Waals surface area contributed by atoms with Crippen molar-refractivity contribution in [1.29, 1.82) is 0 Å². The lowest BCUT2D eigenvalue weighted by molar-refractivity contribution is 1.11. The van der Waals surface area contributed by atoms with E-state index in [-0.39, 0.29) is 0 Å². The van der Waals surface area contributed by atoms with E-state index in [9.17, 15) is 0 Å². The van der Waals surface area contributed by atoms with Crippen molar-refractivity contribution in [2.24, 2.45) is 0 Å². The molecule has 0 N–H and O–H groups in total. The lowest BCUT2D eigenvalue weighted by Crippen LogP contribution is -2.15. The SMILES string of the molecule is SCCSCCSC(CS)CSC(CS)CS.